The first-order valence-corrected chi connectivity index (χ1v) is 13.6. The molecule has 6 atom stereocenters. The predicted molar refractivity (Wildman–Crippen MR) is 143 cm³/mol. The second-order valence-electron chi connectivity index (χ2n) is 11.9. The Hall–Kier alpha value is -3.43. The number of furan rings is 1. The zero-order chi connectivity index (χ0) is 28.8. The van der Waals surface area contributed by atoms with Gasteiger partial charge in [0, 0.05) is 18.9 Å². The molecular formula is C31H36O9. The third-order valence-electron chi connectivity index (χ3n) is 8.99. The van der Waals surface area contributed by atoms with E-state index in [4.69, 9.17) is 23.4 Å². The Morgan fingerprint density at radius 2 is 1.82 bits per heavy atom. The van der Waals surface area contributed by atoms with E-state index in [2.05, 4.69) is 0 Å². The number of fused-ring (bicyclic) bond motifs is 1. The Morgan fingerprint density at radius 1 is 1.07 bits per heavy atom. The van der Waals surface area contributed by atoms with Gasteiger partial charge < -0.3 is 28.5 Å². The van der Waals surface area contributed by atoms with Crippen LogP contribution in [0.4, 0.5) is 0 Å². The maximum Gasteiger partial charge on any atom is 0.341 e. The van der Waals surface area contributed by atoms with Gasteiger partial charge in [-0.25, -0.2) is 9.59 Å². The van der Waals surface area contributed by atoms with Crippen LogP contribution in [-0.4, -0.2) is 58.6 Å². The summed E-state index contributed by atoms with van der Waals surface area (Å²) in [7, 11) is 0. The van der Waals surface area contributed by atoms with Gasteiger partial charge in [0.15, 0.2) is 0 Å². The number of rotatable bonds is 7. The second-order valence-corrected chi connectivity index (χ2v) is 11.9. The molecule has 1 saturated heterocycles. The Bertz CT molecular complexity index is 1280. The molecule has 0 radical (unpaired) electrons. The largest absolute Gasteiger partial charge is 0.472 e. The molecule has 2 bridgehead atoms. The van der Waals surface area contributed by atoms with E-state index < -0.39 is 58.3 Å². The normalized spacial score (nSPS) is 34.2. The molecule has 40 heavy (non-hydrogen) atoms. The van der Waals surface area contributed by atoms with E-state index in [-0.39, 0.29) is 18.6 Å². The highest BCUT2D eigenvalue weighted by molar-refractivity contribution is 5.89. The van der Waals surface area contributed by atoms with Gasteiger partial charge in [-0.1, -0.05) is 30.3 Å². The van der Waals surface area contributed by atoms with Crippen molar-refractivity contribution in [3.63, 3.8) is 0 Å². The summed E-state index contributed by atoms with van der Waals surface area (Å²) in [6.07, 6.45) is 5.61. The number of esters is 3. The molecule has 3 fully saturated rings. The quantitative estimate of drug-likeness (QED) is 0.301. The number of benzene rings is 1. The molecule has 1 aromatic heterocycles. The third kappa shape index (κ3) is 4.55. The number of aliphatic hydroxyl groups is 1. The molecule has 2 aliphatic carbocycles. The van der Waals surface area contributed by atoms with Gasteiger partial charge in [-0.3, -0.25) is 4.79 Å². The van der Waals surface area contributed by atoms with Crippen LogP contribution in [0.1, 0.15) is 69.3 Å². The molecule has 1 aliphatic heterocycles. The van der Waals surface area contributed by atoms with Crippen LogP contribution in [0, 0.1) is 11.3 Å². The molecule has 3 aliphatic rings. The number of ether oxygens (including phenoxy) is 4. The van der Waals surface area contributed by atoms with Gasteiger partial charge in [-0.15, -0.1) is 0 Å². The van der Waals surface area contributed by atoms with Crippen LogP contribution in [0.25, 0.3) is 6.08 Å². The Morgan fingerprint density at radius 3 is 2.50 bits per heavy atom. The Balaban J connectivity index is 1.58. The van der Waals surface area contributed by atoms with Crippen molar-refractivity contribution in [3.05, 3.63) is 66.1 Å². The molecule has 1 spiro atoms. The zero-order valence-corrected chi connectivity index (χ0v) is 23.3. The first kappa shape index (κ1) is 28.1. The fourth-order valence-electron chi connectivity index (χ4n) is 7.22. The van der Waals surface area contributed by atoms with Gasteiger partial charge in [0.05, 0.1) is 28.4 Å². The topological polar surface area (TPSA) is 122 Å². The lowest BCUT2D eigenvalue weighted by atomic mass is 9.48. The first-order chi connectivity index (χ1) is 18.9. The van der Waals surface area contributed by atoms with E-state index in [0.29, 0.717) is 19.3 Å². The van der Waals surface area contributed by atoms with Crippen LogP contribution in [0.15, 0.2) is 59.4 Å². The van der Waals surface area contributed by atoms with Crippen molar-refractivity contribution in [2.75, 3.05) is 6.61 Å². The van der Waals surface area contributed by atoms with Gasteiger partial charge in [0.1, 0.15) is 30.7 Å². The lowest BCUT2D eigenvalue weighted by molar-refractivity contribution is -0.316. The molecule has 0 unspecified atom stereocenters. The Kier molecular flexibility index (Phi) is 7.17. The maximum atomic E-state index is 13.2. The van der Waals surface area contributed by atoms with Gasteiger partial charge >= 0.3 is 17.9 Å². The summed E-state index contributed by atoms with van der Waals surface area (Å²) in [4.78, 5) is 38.5. The summed E-state index contributed by atoms with van der Waals surface area (Å²) < 4.78 is 29.8. The van der Waals surface area contributed by atoms with Crippen LogP contribution in [0.5, 0.6) is 0 Å². The molecule has 2 saturated carbocycles. The molecule has 9 heteroatoms. The fraction of sp³-hybridized carbons (Fsp3) is 0.516. The summed E-state index contributed by atoms with van der Waals surface area (Å²) in [5.74, 6) is -2.14. The SMILES string of the molecule is CC(=O)OC[C@@]12CCC[C@](C)(O)[C@]13OC(C)(C)[C@H](C[C@@H]2OC(=O)/C=C/c1ccccc1)[C@H]3OC(=O)c1ccoc1. The zero-order valence-electron chi connectivity index (χ0n) is 23.3. The highest BCUT2D eigenvalue weighted by Crippen LogP contribution is 2.68. The lowest BCUT2D eigenvalue weighted by Gasteiger charge is -2.63. The van der Waals surface area contributed by atoms with Crippen LogP contribution in [0.2, 0.25) is 0 Å². The minimum Gasteiger partial charge on any atom is -0.472 e. The summed E-state index contributed by atoms with van der Waals surface area (Å²) in [5.41, 5.74) is -4.04. The van der Waals surface area contributed by atoms with Gasteiger partial charge in [-0.2, -0.15) is 0 Å². The van der Waals surface area contributed by atoms with Crippen molar-refractivity contribution in [3.8, 4) is 0 Å². The molecule has 2 heterocycles. The summed E-state index contributed by atoms with van der Waals surface area (Å²) >= 11 is 0. The molecule has 1 N–H and O–H groups in total. The summed E-state index contributed by atoms with van der Waals surface area (Å²) in [5, 5.41) is 12.1. The van der Waals surface area contributed by atoms with E-state index >= 15 is 0 Å². The lowest BCUT2D eigenvalue weighted by Crippen LogP contribution is -2.77. The maximum absolute atomic E-state index is 13.2. The highest BCUT2D eigenvalue weighted by atomic mass is 16.6. The molecule has 2 aromatic rings. The molecule has 1 aromatic carbocycles. The second kappa shape index (κ2) is 10.2. The first-order valence-electron chi connectivity index (χ1n) is 13.6. The molecule has 9 nitrogen and oxygen atoms in total. The number of carbonyl (C=O) groups excluding carboxylic acids is 3. The van der Waals surface area contributed by atoms with Crippen LogP contribution < -0.4 is 0 Å². The predicted octanol–water partition coefficient (Wildman–Crippen LogP) is 4.48. The molecular weight excluding hydrogens is 516 g/mol. The van der Waals surface area contributed by atoms with Crippen LogP contribution >= 0.6 is 0 Å². The van der Waals surface area contributed by atoms with E-state index in [0.717, 1.165) is 5.56 Å². The van der Waals surface area contributed by atoms with Crippen molar-refractivity contribution < 1.29 is 42.9 Å². The van der Waals surface area contributed by atoms with E-state index in [1.54, 1.807) is 13.0 Å². The average molecular weight is 553 g/mol. The fourth-order valence-corrected chi connectivity index (χ4v) is 7.22. The minimum atomic E-state index is -1.53. The van der Waals surface area contributed by atoms with Crippen molar-refractivity contribution >= 4 is 24.0 Å². The summed E-state index contributed by atoms with van der Waals surface area (Å²) in [6.45, 7) is 6.54. The smallest absolute Gasteiger partial charge is 0.341 e. The van der Waals surface area contributed by atoms with Crippen molar-refractivity contribution in [1.82, 2.24) is 0 Å². The van der Waals surface area contributed by atoms with E-state index in [9.17, 15) is 19.5 Å². The monoisotopic (exact) mass is 552 g/mol. The third-order valence-corrected chi connectivity index (χ3v) is 8.99. The molecule has 214 valence electrons. The average Bonchev–Trinajstić information content (AvgIpc) is 3.49. The van der Waals surface area contributed by atoms with Crippen LogP contribution in [-0.2, 0) is 28.5 Å². The molecule has 5 rings (SSSR count). The highest BCUT2D eigenvalue weighted by Gasteiger charge is 2.81. The number of carbonyl (C=O) groups is 3. The van der Waals surface area contributed by atoms with Crippen molar-refractivity contribution in [2.45, 2.75) is 82.4 Å². The molecule has 0 amide bonds. The van der Waals surface area contributed by atoms with Gasteiger partial charge in [-0.05, 0) is 64.2 Å². The Labute approximate surface area is 233 Å². The number of hydrogen-bond acceptors (Lipinski definition) is 9. The van der Waals surface area contributed by atoms with Crippen molar-refractivity contribution in [2.24, 2.45) is 11.3 Å². The van der Waals surface area contributed by atoms with Gasteiger partial charge in [0.25, 0.3) is 0 Å². The number of hydrogen-bond donors (Lipinski definition) is 1. The standard InChI is InChI=1S/C31H36O9/c1-20(32)37-19-30-15-8-14-29(4,35)31(30)26(39-27(34)22-13-16-36-18-22)23(28(2,3)40-31)17-24(30)38-25(33)12-11-21-9-6-5-7-10-21/h5-7,9-13,16,18,23-24,26,35H,8,14-15,17,19H2,1-4H3/b12-11+/t23-,24+,26-,29+,30-,31+/m1/s1. The van der Waals surface area contributed by atoms with Crippen LogP contribution in [0.3, 0.4) is 0 Å². The van der Waals surface area contributed by atoms with E-state index in [1.807, 2.05) is 44.2 Å². The van der Waals surface area contributed by atoms with Gasteiger partial charge in [0.2, 0.25) is 0 Å². The summed E-state index contributed by atoms with van der Waals surface area (Å²) in [6, 6.07) is 10.9. The van der Waals surface area contributed by atoms with Crippen molar-refractivity contribution in [1.29, 1.82) is 0 Å². The van der Waals surface area contributed by atoms with E-state index in [1.165, 1.54) is 31.6 Å². The minimum absolute atomic E-state index is 0.179.